The molecule has 0 saturated carbocycles. The second-order valence-corrected chi connectivity index (χ2v) is 13.6. The molecule has 86 valence electrons. The van der Waals surface area contributed by atoms with Crippen molar-refractivity contribution in [3.63, 3.8) is 0 Å². The van der Waals surface area contributed by atoms with Crippen molar-refractivity contribution in [3.8, 4) is 0 Å². The molecular formula is C8H18O2S4. The van der Waals surface area contributed by atoms with Crippen LogP contribution < -0.4 is 0 Å². The van der Waals surface area contributed by atoms with Crippen molar-refractivity contribution in [2.45, 2.75) is 51.0 Å². The molecule has 2 atom stereocenters. The molecule has 2 unspecified atom stereocenters. The van der Waals surface area contributed by atoms with Gasteiger partial charge in [-0.25, -0.2) is 8.42 Å². The Morgan fingerprint density at radius 1 is 0.714 bits per heavy atom. The van der Waals surface area contributed by atoms with Crippen LogP contribution in [0.1, 0.15) is 41.5 Å². The van der Waals surface area contributed by atoms with Crippen molar-refractivity contribution in [3.05, 3.63) is 0 Å². The summed E-state index contributed by atoms with van der Waals surface area (Å²) in [5.74, 6) is 0. The molecule has 0 aliphatic heterocycles. The van der Waals surface area contributed by atoms with Gasteiger partial charge in [0.05, 0.1) is 19.7 Å². The van der Waals surface area contributed by atoms with Crippen LogP contribution in [0.4, 0.5) is 0 Å². The fourth-order valence-electron chi connectivity index (χ4n) is 0.255. The van der Waals surface area contributed by atoms with E-state index in [0.717, 1.165) is 0 Å². The molecule has 0 aromatic carbocycles. The molecule has 0 radical (unpaired) electrons. The summed E-state index contributed by atoms with van der Waals surface area (Å²) in [5, 5.41) is 0. The van der Waals surface area contributed by atoms with Crippen molar-refractivity contribution in [2.75, 3.05) is 0 Å². The van der Waals surface area contributed by atoms with Crippen LogP contribution in [-0.2, 0) is 19.7 Å². The Kier molecular flexibility index (Phi) is 5.75. The highest BCUT2D eigenvalue weighted by Crippen LogP contribution is 2.38. The topological polar surface area (TPSA) is 34.1 Å². The molecule has 0 spiro atoms. The fraction of sp³-hybridized carbons (Fsp3) is 1.00. The van der Waals surface area contributed by atoms with Crippen molar-refractivity contribution in [2.24, 2.45) is 0 Å². The molecule has 0 heterocycles. The highest BCUT2D eigenvalue weighted by Gasteiger charge is 2.25. The normalized spacial score (nSPS) is 17.9. The lowest BCUT2D eigenvalue weighted by molar-refractivity contribution is 0.660. The second kappa shape index (κ2) is 5.37. The van der Waals surface area contributed by atoms with E-state index < -0.39 is 19.7 Å². The zero-order chi connectivity index (χ0) is 11.6. The van der Waals surface area contributed by atoms with Crippen LogP contribution in [0.2, 0.25) is 0 Å². The first kappa shape index (κ1) is 15.0. The highest BCUT2D eigenvalue weighted by molar-refractivity contribution is 9.21. The SMILES string of the molecule is CC(C)(C)S(=O)SSS(=O)C(C)(C)C. The van der Waals surface area contributed by atoms with Crippen LogP contribution in [0.5, 0.6) is 0 Å². The standard InChI is InChI=1S/C8H18O2S4/c1-7(2,3)13(9)11-12-14(10)8(4,5)6/h1-6H3. The van der Waals surface area contributed by atoms with E-state index in [2.05, 4.69) is 0 Å². The Bertz CT molecular complexity index is 211. The first-order valence-electron chi connectivity index (χ1n) is 4.24. The van der Waals surface area contributed by atoms with E-state index in [4.69, 9.17) is 0 Å². The van der Waals surface area contributed by atoms with E-state index in [1.165, 1.54) is 19.7 Å². The maximum atomic E-state index is 11.6. The van der Waals surface area contributed by atoms with Crippen LogP contribution in [0.15, 0.2) is 0 Å². The summed E-state index contributed by atoms with van der Waals surface area (Å²) in [6.45, 7) is 11.5. The van der Waals surface area contributed by atoms with E-state index in [1.807, 2.05) is 41.5 Å². The highest BCUT2D eigenvalue weighted by atomic mass is 33.7. The van der Waals surface area contributed by atoms with Gasteiger partial charge >= 0.3 is 0 Å². The van der Waals surface area contributed by atoms with Crippen molar-refractivity contribution in [1.29, 1.82) is 0 Å². The predicted molar refractivity (Wildman–Crippen MR) is 71.0 cm³/mol. The molecule has 2 nitrogen and oxygen atoms in total. The van der Waals surface area contributed by atoms with Crippen molar-refractivity contribution < 1.29 is 8.42 Å². The Hall–Kier alpha value is 1.000. The zero-order valence-electron chi connectivity index (χ0n) is 9.45. The van der Waals surface area contributed by atoms with Crippen LogP contribution in [0.25, 0.3) is 0 Å². The summed E-state index contributed by atoms with van der Waals surface area (Å²) in [7, 11) is 0.402. The van der Waals surface area contributed by atoms with E-state index in [1.54, 1.807) is 0 Å². The molecule has 0 amide bonds. The van der Waals surface area contributed by atoms with Crippen LogP contribution >= 0.6 is 19.7 Å². The van der Waals surface area contributed by atoms with Crippen LogP contribution in [0, 0.1) is 0 Å². The van der Waals surface area contributed by atoms with Crippen molar-refractivity contribution in [1.82, 2.24) is 0 Å². The minimum atomic E-state index is -1.01. The smallest absolute Gasteiger partial charge is 0.0974 e. The van der Waals surface area contributed by atoms with Crippen LogP contribution in [-0.4, -0.2) is 17.9 Å². The monoisotopic (exact) mass is 274 g/mol. The van der Waals surface area contributed by atoms with E-state index in [-0.39, 0.29) is 9.49 Å². The minimum Gasteiger partial charge on any atom is -0.247 e. The second-order valence-electron chi connectivity index (χ2n) is 4.83. The Balaban J connectivity index is 4.10. The summed E-state index contributed by atoms with van der Waals surface area (Å²) in [5.41, 5.74) is 0. The third-order valence-corrected chi connectivity index (χ3v) is 11.6. The van der Waals surface area contributed by atoms with Gasteiger partial charge in [0.2, 0.25) is 0 Å². The number of rotatable bonds is 3. The largest absolute Gasteiger partial charge is 0.247 e. The average Bonchev–Trinajstić information content (AvgIpc) is 1.95. The van der Waals surface area contributed by atoms with E-state index >= 15 is 0 Å². The minimum absolute atomic E-state index is 0.250. The third-order valence-electron chi connectivity index (χ3n) is 1.15. The third kappa shape index (κ3) is 5.78. The summed E-state index contributed by atoms with van der Waals surface area (Å²) in [6, 6.07) is 0. The maximum Gasteiger partial charge on any atom is 0.0974 e. The van der Waals surface area contributed by atoms with Gasteiger partial charge in [-0.05, 0) is 41.5 Å². The van der Waals surface area contributed by atoms with Gasteiger partial charge in [0.15, 0.2) is 0 Å². The maximum absolute atomic E-state index is 11.6. The summed E-state index contributed by atoms with van der Waals surface area (Å²) in [6.07, 6.45) is 0. The summed E-state index contributed by atoms with van der Waals surface area (Å²) in [4.78, 5) is 0. The van der Waals surface area contributed by atoms with Gasteiger partial charge in [-0.2, -0.15) is 0 Å². The molecule has 0 bridgehead atoms. The lowest BCUT2D eigenvalue weighted by atomic mass is 10.3. The Labute approximate surface area is 98.5 Å². The van der Waals surface area contributed by atoms with E-state index in [9.17, 15) is 8.42 Å². The average molecular weight is 274 g/mol. The molecule has 0 rings (SSSR count). The molecule has 0 N–H and O–H groups in total. The molecule has 0 aromatic heterocycles. The van der Waals surface area contributed by atoms with Gasteiger partial charge in [0.25, 0.3) is 0 Å². The molecular weight excluding hydrogens is 256 g/mol. The van der Waals surface area contributed by atoms with E-state index in [0.29, 0.717) is 0 Å². The Morgan fingerprint density at radius 2 is 0.929 bits per heavy atom. The fourth-order valence-corrected chi connectivity index (χ4v) is 9.60. The van der Waals surface area contributed by atoms with Gasteiger partial charge in [-0.1, -0.05) is 0 Å². The Morgan fingerprint density at radius 3 is 1.07 bits per heavy atom. The summed E-state index contributed by atoms with van der Waals surface area (Å²) < 4.78 is 22.7. The molecule has 14 heavy (non-hydrogen) atoms. The summed E-state index contributed by atoms with van der Waals surface area (Å²) >= 11 is 0. The molecule has 0 aliphatic rings. The molecule has 0 saturated heterocycles. The van der Waals surface area contributed by atoms with Gasteiger partial charge in [-0.15, -0.1) is 0 Å². The van der Waals surface area contributed by atoms with Crippen molar-refractivity contribution >= 4 is 39.3 Å². The van der Waals surface area contributed by atoms with Gasteiger partial charge < -0.3 is 0 Å². The zero-order valence-corrected chi connectivity index (χ0v) is 12.7. The molecule has 6 heteroatoms. The van der Waals surface area contributed by atoms with Gasteiger partial charge in [0.1, 0.15) is 0 Å². The number of hydrogen-bond donors (Lipinski definition) is 0. The first-order valence-corrected chi connectivity index (χ1v) is 9.72. The molecule has 0 aliphatic carbocycles. The molecule has 0 aromatic rings. The molecule has 0 fully saturated rings. The van der Waals surface area contributed by atoms with Gasteiger partial charge in [0, 0.05) is 29.1 Å². The predicted octanol–water partition coefficient (Wildman–Crippen LogP) is 3.29. The quantitative estimate of drug-likeness (QED) is 0.740. The lowest BCUT2D eigenvalue weighted by Crippen LogP contribution is -2.20. The van der Waals surface area contributed by atoms with Crippen LogP contribution in [0.3, 0.4) is 0 Å². The lowest BCUT2D eigenvalue weighted by Gasteiger charge is -2.19. The van der Waals surface area contributed by atoms with Gasteiger partial charge in [-0.3, -0.25) is 0 Å². The first-order chi connectivity index (χ1) is 6.05. The number of hydrogen-bond acceptors (Lipinski definition) is 4.